The average molecular weight is 601 g/mol. The highest BCUT2D eigenvalue weighted by molar-refractivity contribution is 8.18. The summed E-state index contributed by atoms with van der Waals surface area (Å²) in [6, 6.07) is 5.37. The molecule has 2 saturated heterocycles. The van der Waals surface area contributed by atoms with E-state index in [4.69, 9.17) is 0 Å². The van der Waals surface area contributed by atoms with Crippen LogP contribution in [-0.2, 0) is 23.7 Å². The van der Waals surface area contributed by atoms with Crippen molar-refractivity contribution < 1.29 is 40.3 Å². The summed E-state index contributed by atoms with van der Waals surface area (Å²) in [6.07, 6.45) is -8.10. The Balaban J connectivity index is 1.38. The van der Waals surface area contributed by atoms with Gasteiger partial charge in [-0.15, -0.1) is 0 Å². The molecule has 0 aliphatic carbocycles. The molecule has 1 aromatic heterocycles. The summed E-state index contributed by atoms with van der Waals surface area (Å²) < 4.78 is 95.8. The number of hydrogen-bond acceptors (Lipinski definition) is 5. The van der Waals surface area contributed by atoms with Crippen LogP contribution in [0.2, 0.25) is 0 Å². The number of nitrogens with zero attached hydrogens (tertiary/aromatic N) is 4. The fraction of sp³-hybridized carbons (Fsp3) is 0.370. The van der Waals surface area contributed by atoms with Gasteiger partial charge in [0, 0.05) is 18.5 Å². The van der Waals surface area contributed by atoms with E-state index in [2.05, 4.69) is 5.10 Å². The number of carbonyl (C=O) groups is 2. The molecule has 3 heterocycles. The molecule has 5 rings (SSSR count). The van der Waals surface area contributed by atoms with Crippen LogP contribution in [0.4, 0.5) is 35.5 Å². The van der Waals surface area contributed by atoms with E-state index in [1.54, 1.807) is 18.2 Å². The highest BCUT2D eigenvalue weighted by atomic mass is 32.2. The summed E-state index contributed by atoms with van der Waals surface area (Å²) in [5, 5.41) is 4.05. The van der Waals surface area contributed by atoms with Crippen LogP contribution in [0.15, 0.2) is 47.5 Å². The lowest BCUT2D eigenvalue weighted by molar-refractivity contribution is -0.143. The molecule has 0 radical (unpaired) electrons. The number of hydrogen-bond donors (Lipinski definition) is 0. The lowest BCUT2D eigenvalue weighted by Gasteiger charge is -2.37. The van der Waals surface area contributed by atoms with E-state index in [1.807, 2.05) is 11.8 Å². The van der Waals surface area contributed by atoms with Gasteiger partial charge in [0.1, 0.15) is 6.17 Å². The molecule has 0 bridgehead atoms. The number of carbonyl (C=O) groups excluding carboxylic acids is 2. The molecule has 41 heavy (non-hydrogen) atoms. The van der Waals surface area contributed by atoms with Crippen molar-refractivity contribution in [1.29, 1.82) is 0 Å². The van der Waals surface area contributed by atoms with Crippen LogP contribution in [0, 0.1) is 0 Å². The maximum Gasteiger partial charge on any atom is 0.416 e. The van der Waals surface area contributed by atoms with Crippen LogP contribution in [0.3, 0.4) is 0 Å². The minimum Gasteiger partial charge on any atom is -0.301 e. The lowest BCUT2D eigenvalue weighted by Crippen LogP contribution is -2.53. The third-order valence-electron chi connectivity index (χ3n) is 7.22. The first-order chi connectivity index (χ1) is 19.3. The Bertz CT molecular complexity index is 1530. The molecule has 218 valence electrons. The van der Waals surface area contributed by atoms with Crippen LogP contribution in [0.1, 0.15) is 35.6 Å². The predicted molar refractivity (Wildman–Crippen MR) is 139 cm³/mol. The van der Waals surface area contributed by atoms with E-state index in [9.17, 15) is 40.3 Å². The SMILES string of the molecule is CCN1CC[C@@H](N2C(=O)SC(=Cc3ccc4c(cnn4Cc4ccc(C(F)(F)F)cc4C(F)(F)F)c3)C2=O)[C@H](F)C1. The first-order valence-electron chi connectivity index (χ1n) is 12.6. The van der Waals surface area contributed by atoms with Gasteiger partial charge >= 0.3 is 12.4 Å². The number of imide groups is 1. The molecule has 0 unspecified atom stereocenters. The smallest absolute Gasteiger partial charge is 0.301 e. The highest BCUT2D eigenvalue weighted by Gasteiger charge is 2.45. The summed E-state index contributed by atoms with van der Waals surface area (Å²) in [4.78, 5) is 28.7. The van der Waals surface area contributed by atoms with E-state index < -0.39 is 53.4 Å². The second-order valence-electron chi connectivity index (χ2n) is 9.80. The van der Waals surface area contributed by atoms with Crippen molar-refractivity contribution >= 4 is 39.9 Å². The van der Waals surface area contributed by atoms with Gasteiger partial charge in [0.05, 0.1) is 40.3 Å². The molecule has 2 fully saturated rings. The third-order valence-corrected chi connectivity index (χ3v) is 8.10. The second-order valence-corrected chi connectivity index (χ2v) is 10.8. The Hall–Kier alpha value is -3.39. The molecule has 6 nitrogen and oxygen atoms in total. The largest absolute Gasteiger partial charge is 0.416 e. The van der Waals surface area contributed by atoms with Gasteiger partial charge in [-0.2, -0.15) is 31.4 Å². The van der Waals surface area contributed by atoms with E-state index in [-0.39, 0.29) is 23.1 Å². The molecular weight excluding hydrogens is 577 g/mol. The Labute approximate surface area is 233 Å². The molecule has 14 heteroatoms. The quantitative estimate of drug-likeness (QED) is 0.244. The zero-order chi connectivity index (χ0) is 29.7. The van der Waals surface area contributed by atoms with Gasteiger partial charge in [0.25, 0.3) is 11.1 Å². The Morgan fingerprint density at radius 3 is 2.46 bits per heavy atom. The van der Waals surface area contributed by atoms with Gasteiger partial charge in [0.2, 0.25) is 0 Å². The maximum absolute atomic E-state index is 14.8. The summed E-state index contributed by atoms with van der Waals surface area (Å²) in [6.45, 7) is 2.85. The number of likely N-dealkylation sites (tertiary alicyclic amines) is 1. The first-order valence-corrected chi connectivity index (χ1v) is 13.4. The van der Waals surface area contributed by atoms with Gasteiger partial charge in [0.15, 0.2) is 0 Å². The van der Waals surface area contributed by atoms with Crippen LogP contribution in [-0.4, -0.2) is 62.6 Å². The first kappa shape index (κ1) is 29.1. The fourth-order valence-corrected chi connectivity index (χ4v) is 5.97. The second kappa shape index (κ2) is 10.8. The minimum atomic E-state index is -5.01. The molecule has 0 N–H and O–H groups in total. The fourth-order valence-electron chi connectivity index (χ4n) is 5.09. The summed E-state index contributed by atoms with van der Waals surface area (Å²) in [5.74, 6) is -0.588. The molecule has 0 spiro atoms. The Morgan fingerprint density at radius 2 is 1.80 bits per heavy atom. The van der Waals surface area contributed by atoms with Crippen molar-refractivity contribution in [3.05, 3.63) is 69.8 Å². The van der Waals surface area contributed by atoms with Crippen molar-refractivity contribution in [3.8, 4) is 0 Å². The van der Waals surface area contributed by atoms with E-state index in [1.165, 1.54) is 17.0 Å². The van der Waals surface area contributed by atoms with E-state index in [0.717, 1.165) is 11.0 Å². The molecule has 0 saturated carbocycles. The van der Waals surface area contributed by atoms with Crippen LogP contribution < -0.4 is 0 Å². The van der Waals surface area contributed by atoms with Gasteiger partial charge < -0.3 is 4.90 Å². The number of benzene rings is 2. The van der Waals surface area contributed by atoms with Crippen molar-refractivity contribution in [1.82, 2.24) is 19.6 Å². The summed E-state index contributed by atoms with van der Waals surface area (Å²) in [5.41, 5.74) is -2.28. The molecular formula is C27H23F7N4O2S. The van der Waals surface area contributed by atoms with Crippen LogP contribution in [0.25, 0.3) is 17.0 Å². The predicted octanol–water partition coefficient (Wildman–Crippen LogP) is 6.59. The Morgan fingerprint density at radius 1 is 1.05 bits per heavy atom. The van der Waals surface area contributed by atoms with Crippen molar-refractivity contribution in [3.63, 3.8) is 0 Å². The number of thioether (sulfide) groups is 1. The van der Waals surface area contributed by atoms with E-state index in [0.29, 0.717) is 53.8 Å². The van der Waals surface area contributed by atoms with Gasteiger partial charge in [-0.3, -0.25) is 19.2 Å². The normalized spacial score (nSPS) is 22.0. The average Bonchev–Trinajstić information content (AvgIpc) is 3.42. The van der Waals surface area contributed by atoms with Gasteiger partial charge in [-0.25, -0.2) is 4.39 Å². The zero-order valence-electron chi connectivity index (χ0n) is 21.5. The summed E-state index contributed by atoms with van der Waals surface area (Å²) in [7, 11) is 0. The summed E-state index contributed by atoms with van der Waals surface area (Å²) >= 11 is 0.709. The number of piperidine rings is 1. The number of aromatic nitrogens is 2. The monoisotopic (exact) mass is 600 g/mol. The third kappa shape index (κ3) is 5.85. The van der Waals surface area contributed by atoms with Crippen LogP contribution in [0.5, 0.6) is 0 Å². The highest BCUT2D eigenvalue weighted by Crippen LogP contribution is 2.39. The number of amides is 2. The molecule has 3 aromatic rings. The molecule has 2 atom stereocenters. The number of rotatable bonds is 5. The van der Waals surface area contributed by atoms with Crippen molar-refractivity contribution in [2.24, 2.45) is 0 Å². The van der Waals surface area contributed by atoms with E-state index >= 15 is 0 Å². The van der Waals surface area contributed by atoms with Crippen molar-refractivity contribution in [2.45, 2.75) is 44.5 Å². The van der Waals surface area contributed by atoms with Gasteiger partial charge in [-0.1, -0.05) is 19.1 Å². The Kier molecular flexibility index (Phi) is 7.66. The minimum absolute atomic E-state index is 0.0877. The number of alkyl halides is 7. The molecule has 2 aromatic carbocycles. The van der Waals surface area contributed by atoms with Crippen LogP contribution >= 0.6 is 11.8 Å². The zero-order valence-corrected chi connectivity index (χ0v) is 22.3. The lowest BCUT2D eigenvalue weighted by atomic mass is 10.0. The molecule has 2 amide bonds. The standard InChI is InChI=1S/C27H23F7N4O2S/c1-2-36-8-7-22(20(28)14-36)38-24(39)23(41-25(38)40)10-15-3-6-21-17(9-15)12-35-37(21)13-16-4-5-18(26(29,30)31)11-19(16)27(32,33)34/h3-6,9-12,20,22H,2,7-8,13-14H2,1H3/t20-,22-/m1/s1. The van der Waals surface area contributed by atoms with Crippen molar-refractivity contribution in [2.75, 3.05) is 19.6 Å². The van der Waals surface area contributed by atoms with Gasteiger partial charge in [-0.05, 0) is 66.2 Å². The number of halogens is 7. The molecule has 2 aliphatic rings. The topological polar surface area (TPSA) is 58.4 Å². The molecule has 2 aliphatic heterocycles. The maximum atomic E-state index is 14.8. The number of fused-ring (bicyclic) bond motifs is 1.